The molecule has 0 radical (unpaired) electrons. The van der Waals surface area contributed by atoms with Crippen molar-refractivity contribution in [3.05, 3.63) is 35.4 Å². The lowest BCUT2D eigenvalue weighted by Gasteiger charge is -2.19. The van der Waals surface area contributed by atoms with E-state index in [0.29, 0.717) is 5.56 Å². The van der Waals surface area contributed by atoms with Crippen molar-refractivity contribution in [1.29, 1.82) is 0 Å². The van der Waals surface area contributed by atoms with Crippen molar-refractivity contribution in [3.63, 3.8) is 0 Å². The Kier molecular flexibility index (Phi) is 6.30. The molecule has 126 valence electrons. The van der Waals surface area contributed by atoms with Crippen molar-refractivity contribution in [2.24, 2.45) is 5.41 Å². The molecule has 3 N–H and O–H groups in total. The number of amides is 1. The van der Waals surface area contributed by atoms with Crippen LogP contribution in [0.1, 0.15) is 49.5 Å². The summed E-state index contributed by atoms with van der Waals surface area (Å²) >= 11 is 0. The van der Waals surface area contributed by atoms with Crippen LogP contribution < -0.4 is 5.32 Å². The number of nitrogens with one attached hydrogen (secondary N) is 1. The standard InChI is InChI=1S/C17H23NO5/c1-17(2,3)10-11-5-4-6-12(9-11)15(21)18-13(16(22)23)7-8-14(19)20/h4-6,9,13H,7-8,10H2,1-3H3,(H,18,21)(H,19,20)(H,22,23)/t13-/m1/s1. The summed E-state index contributed by atoms with van der Waals surface area (Å²) < 4.78 is 0. The molecule has 1 aromatic rings. The predicted octanol–water partition coefficient (Wildman–Crippen LogP) is 2.32. The highest BCUT2D eigenvalue weighted by molar-refractivity contribution is 5.96. The first-order valence-electron chi connectivity index (χ1n) is 7.43. The van der Waals surface area contributed by atoms with Gasteiger partial charge in [-0.1, -0.05) is 32.9 Å². The Morgan fingerprint density at radius 1 is 1.17 bits per heavy atom. The van der Waals surface area contributed by atoms with Gasteiger partial charge in [0.15, 0.2) is 0 Å². The summed E-state index contributed by atoms with van der Waals surface area (Å²) in [6, 6.07) is 5.79. The van der Waals surface area contributed by atoms with E-state index in [1.165, 1.54) is 0 Å². The minimum absolute atomic E-state index is 0.0696. The summed E-state index contributed by atoms with van der Waals surface area (Å²) in [5.41, 5.74) is 1.43. The second-order valence-electron chi connectivity index (χ2n) is 6.73. The van der Waals surface area contributed by atoms with Gasteiger partial charge in [-0.3, -0.25) is 9.59 Å². The van der Waals surface area contributed by atoms with Crippen molar-refractivity contribution in [2.45, 2.75) is 46.1 Å². The van der Waals surface area contributed by atoms with Crippen molar-refractivity contribution in [1.82, 2.24) is 5.32 Å². The van der Waals surface area contributed by atoms with Gasteiger partial charge in [-0.15, -0.1) is 0 Å². The third kappa shape index (κ3) is 6.95. The van der Waals surface area contributed by atoms with Crippen LogP contribution in [0.5, 0.6) is 0 Å². The highest BCUT2D eigenvalue weighted by Crippen LogP contribution is 2.21. The summed E-state index contributed by atoms with van der Waals surface area (Å²) in [5, 5.41) is 20.1. The summed E-state index contributed by atoms with van der Waals surface area (Å²) in [4.78, 5) is 33.9. The van der Waals surface area contributed by atoms with E-state index >= 15 is 0 Å². The van der Waals surface area contributed by atoms with Gasteiger partial charge in [0.1, 0.15) is 6.04 Å². The van der Waals surface area contributed by atoms with E-state index in [1.54, 1.807) is 18.2 Å². The zero-order chi connectivity index (χ0) is 17.6. The third-order valence-electron chi connectivity index (χ3n) is 3.17. The van der Waals surface area contributed by atoms with E-state index in [4.69, 9.17) is 10.2 Å². The maximum Gasteiger partial charge on any atom is 0.326 e. The zero-order valence-corrected chi connectivity index (χ0v) is 13.6. The number of carbonyl (C=O) groups is 3. The molecule has 0 saturated carbocycles. The van der Waals surface area contributed by atoms with Gasteiger partial charge in [0.25, 0.3) is 5.91 Å². The molecule has 0 unspecified atom stereocenters. The normalized spacial score (nSPS) is 12.5. The Hall–Kier alpha value is -2.37. The molecule has 1 rings (SSSR count). The van der Waals surface area contributed by atoms with E-state index in [2.05, 4.69) is 26.1 Å². The van der Waals surface area contributed by atoms with E-state index < -0.39 is 23.9 Å². The van der Waals surface area contributed by atoms with Gasteiger partial charge >= 0.3 is 11.9 Å². The Morgan fingerprint density at radius 3 is 2.35 bits per heavy atom. The molecule has 0 bridgehead atoms. The molecule has 1 amide bonds. The fourth-order valence-electron chi connectivity index (χ4n) is 2.20. The number of aliphatic carboxylic acids is 2. The number of carboxylic acid groups (broad SMARTS) is 2. The van der Waals surface area contributed by atoms with Gasteiger partial charge in [0.2, 0.25) is 0 Å². The van der Waals surface area contributed by atoms with Gasteiger partial charge in [-0.2, -0.15) is 0 Å². The van der Waals surface area contributed by atoms with E-state index in [1.807, 2.05) is 6.07 Å². The molecule has 0 aliphatic rings. The molecule has 1 aromatic carbocycles. The number of rotatable bonds is 7. The van der Waals surface area contributed by atoms with Crippen LogP contribution >= 0.6 is 0 Å². The first-order chi connectivity index (χ1) is 10.6. The summed E-state index contributed by atoms with van der Waals surface area (Å²) in [7, 11) is 0. The van der Waals surface area contributed by atoms with Crippen LogP contribution in [-0.2, 0) is 16.0 Å². The maximum atomic E-state index is 12.2. The highest BCUT2D eigenvalue weighted by Gasteiger charge is 2.22. The molecule has 0 aliphatic carbocycles. The Morgan fingerprint density at radius 2 is 1.83 bits per heavy atom. The monoisotopic (exact) mass is 321 g/mol. The van der Waals surface area contributed by atoms with Crippen LogP contribution in [-0.4, -0.2) is 34.1 Å². The molecule has 0 spiro atoms. The van der Waals surface area contributed by atoms with Crippen LogP contribution in [0.3, 0.4) is 0 Å². The molecular formula is C17H23NO5. The lowest BCUT2D eigenvalue weighted by Crippen LogP contribution is -2.41. The Bertz CT molecular complexity index is 589. The van der Waals surface area contributed by atoms with Crippen molar-refractivity contribution >= 4 is 17.8 Å². The van der Waals surface area contributed by atoms with Crippen molar-refractivity contribution in [2.75, 3.05) is 0 Å². The molecule has 0 fully saturated rings. The van der Waals surface area contributed by atoms with Crippen LogP contribution in [0.2, 0.25) is 0 Å². The molecule has 6 nitrogen and oxygen atoms in total. The average Bonchev–Trinajstić information content (AvgIpc) is 2.41. The number of carbonyl (C=O) groups excluding carboxylic acids is 1. The Labute approximate surface area is 135 Å². The van der Waals surface area contributed by atoms with Crippen molar-refractivity contribution in [3.8, 4) is 0 Å². The summed E-state index contributed by atoms with van der Waals surface area (Å²) in [5.74, 6) is -2.86. The summed E-state index contributed by atoms with van der Waals surface area (Å²) in [6.45, 7) is 6.27. The topological polar surface area (TPSA) is 104 Å². The molecule has 6 heteroatoms. The van der Waals surface area contributed by atoms with E-state index in [0.717, 1.165) is 12.0 Å². The fourth-order valence-corrected chi connectivity index (χ4v) is 2.20. The van der Waals surface area contributed by atoms with E-state index in [-0.39, 0.29) is 18.3 Å². The van der Waals surface area contributed by atoms with Crippen molar-refractivity contribution < 1.29 is 24.6 Å². The highest BCUT2D eigenvalue weighted by atomic mass is 16.4. The quantitative estimate of drug-likeness (QED) is 0.715. The number of hydrogen-bond donors (Lipinski definition) is 3. The zero-order valence-electron chi connectivity index (χ0n) is 13.6. The SMILES string of the molecule is CC(C)(C)Cc1cccc(C(=O)N[C@H](CCC(=O)O)C(=O)O)c1. The third-order valence-corrected chi connectivity index (χ3v) is 3.17. The molecule has 0 aliphatic heterocycles. The number of hydrogen-bond acceptors (Lipinski definition) is 3. The minimum Gasteiger partial charge on any atom is -0.481 e. The van der Waals surface area contributed by atoms with Crippen LogP contribution in [0.4, 0.5) is 0 Å². The number of carboxylic acids is 2. The molecule has 0 saturated heterocycles. The number of benzene rings is 1. The second kappa shape index (κ2) is 7.76. The van der Waals surface area contributed by atoms with Crippen LogP contribution in [0.15, 0.2) is 24.3 Å². The molecule has 23 heavy (non-hydrogen) atoms. The van der Waals surface area contributed by atoms with Gasteiger partial charge in [0, 0.05) is 12.0 Å². The predicted molar refractivity (Wildman–Crippen MR) is 85.4 cm³/mol. The van der Waals surface area contributed by atoms with Crippen LogP contribution in [0, 0.1) is 5.41 Å². The second-order valence-corrected chi connectivity index (χ2v) is 6.73. The first-order valence-corrected chi connectivity index (χ1v) is 7.43. The maximum absolute atomic E-state index is 12.2. The molecule has 0 heterocycles. The van der Waals surface area contributed by atoms with Gasteiger partial charge < -0.3 is 15.5 Å². The Balaban J connectivity index is 2.81. The lowest BCUT2D eigenvalue weighted by molar-refractivity contribution is -0.140. The van der Waals surface area contributed by atoms with Gasteiger partial charge in [-0.25, -0.2) is 4.79 Å². The summed E-state index contributed by atoms with van der Waals surface area (Å²) in [6.07, 6.45) is 0.314. The first kappa shape index (κ1) is 18.7. The van der Waals surface area contributed by atoms with Crippen LogP contribution in [0.25, 0.3) is 0 Å². The van der Waals surface area contributed by atoms with E-state index in [9.17, 15) is 14.4 Å². The van der Waals surface area contributed by atoms with Gasteiger partial charge in [0.05, 0.1) is 0 Å². The fraction of sp³-hybridized carbons (Fsp3) is 0.471. The molecular weight excluding hydrogens is 298 g/mol. The molecule has 0 aromatic heterocycles. The largest absolute Gasteiger partial charge is 0.481 e. The minimum atomic E-state index is -1.24. The molecule has 1 atom stereocenters. The lowest BCUT2D eigenvalue weighted by atomic mass is 9.87. The smallest absolute Gasteiger partial charge is 0.326 e. The van der Waals surface area contributed by atoms with Gasteiger partial charge in [-0.05, 0) is 36.0 Å². The average molecular weight is 321 g/mol.